The number of halogens is 1. The van der Waals surface area contributed by atoms with Crippen LogP contribution >= 0.6 is 30.4 Å². The van der Waals surface area contributed by atoms with E-state index in [0.29, 0.717) is 25.7 Å². The minimum absolute atomic E-state index is 0.0185. The van der Waals surface area contributed by atoms with Crippen molar-refractivity contribution in [3.8, 4) is 0 Å². The molecule has 1 unspecified atom stereocenters. The van der Waals surface area contributed by atoms with Gasteiger partial charge in [0.1, 0.15) is 36.3 Å². The number of carbonyl (C=O) groups excluding carboxylic acids is 1. The number of hydrogen-bond acceptors (Lipinski definition) is 13. The molecule has 10 aliphatic heterocycles. The lowest BCUT2D eigenvalue weighted by atomic mass is 9.81. The van der Waals surface area contributed by atoms with Crippen molar-refractivity contribution in [2.45, 2.75) is 194 Å². The van der Waals surface area contributed by atoms with E-state index in [-0.39, 0.29) is 123 Å². The lowest BCUT2D eigenvalue weighted by molar-refractivity contribution is -0.292. The molecule has 1 N–H and O–H groups in total. The summed E-state index contributed by atoms with van der Waals surface area (Å²) in [6, 6.07) is 0. The molecule has 0 amide bonds. The number of aliphatic hydroxyl groups is 1. The summed E-state index contributed by atoms with van der Waals surface area (Å²) < 4.78 is 65.7. The number of ketones is 1. The van der Waals surface area contributed by atoms with Gasteiger partial charge in [-0.15, -0.1) is 0 Å². The Morgan fingerprint density at radius 3 is 2.43 bits per heavy atom. The summed E-state index contributed by atoms with van der Waals surface area (Å²) in [7, 11) is 2.86. The van der Waals surface area contributed by atoms with Crippen LogP contribution in [0.1, 0.15) is 90.4 Å². The predicted octanol–water partition coefficient (Wildman–Crippen LogP) is 5.49. The summed E-state index contributed by atoms with van der Waals surface area (Å²) in [6.45, 7) is 11.3. The molecule has 0 aliphatic carbocycles. The van der Waals surface area contributed by atoms with Gasteiger partial charge in [0, 0.05) is 72.8 Å². The standard InChI is InChI=1S/C40H57IO12S/c1-19-11-24-5-7-28-20(2)12-26(46-28)9-10-40-17-33-36(52-40)37-38(51-33)39(53-40)35-29(50-37)8-6-25(48-35)13-22(42)14-27-31(16-30(47-24)21(19)3)49-32(34(27)44-4)15-23(43)18-45-54-41/h19,23-39,43H,2-3,5-18H2,1,4H3/t19-,23+,24+,25-,26+,27+,28+,29+,30-,31+,32-,33-,34-,35+,36+,37+,38?,39+,40+/m1/s1. The largest absolute Gasteiger partial charge is 0.391 e. The molecule has 10 aliphatic rings. The summed E-state index contributed by atoms with van der Waals surface area (Å²) >= 11 is 2.04. The minimum Gasteiger partial charge on any atom is -0.391 e. The fourth-order valence-corrected chi connectivity index (χ4v) is 12.0. The number of Topliss-reactive ketones (excluding diaryl/α,β-unsaturated/α-hetero) is 1. The topological polar surface area (TPSA) is 130 Å². The Balaban J connectivity index is 0.984. The van der Waals surface area contributed by atoms with E-state index in [9.17, 15) is 9.90 Å². The fraction of sp³-hybridized carbons (Fsp3) is 0.875. The summed E-state index contributed by atoms with van der Waals surface area (Å²) in [5, 5.41) is 10.8. The number of methoxy groups -OCH3 is 1. The van der Waals surface area contributed by atoms with E-state index < -0.39 is 18.0 Å². The van der Waals surface area contributed by atoms with Crippen molar-refractivity contribution in [1.29, 1.82) is 0 Å². The van der Waals surface area contributed by atoms with Crippen molar-refractivity contribution >= 4 is 36.2 Å². The van der Waals surface area contributed by atoms with Gasteiger partial charge in [-0.05, 0) is 62.0 Å². The van der Waals surface area contributed by atoms with Crippen molar-refractivity contribution in [3.63, 3.8) is 0 Å². The Morgan fingerprint density at radius 2 is 1.59 bits per heavy atom. The van der Waals surface area contributed by atoms with Gasteiger partial charge in [0.15, 0.2) is 5.79 Å². The van der Waals surface area contributed by atoms with Gasteiger partial charge in [0.25, 0.3) is 0 Å². The molecule has 12 bridgehead atoms. The lowest BCUT2D eigenvalue weighted by Crippen LogP contribution is -2.61. The second-order valence-corrected chi connectivity index (χ2v) is 19.0. The molecular weight excluding hydrogens is 831 g/mol. The van der Waals surface area contributed by atoms with E-state index in [4.69, 9.17) is 46.8 Å². The molecule has 10 rings (SSSR count). The van der Waals surface area contributed by atoms with Crippen LogP contribution in [0.25, 0.3) is 0 Å². The normalized spacial score (nSPS) is 50.9. The minimum atomic E-state index is -0.783. The zero-order valence-electron chi connectivity index (χ0n) is 31.4. The second-order valence-electron chi connectivity index (χ2n) is 17.5. The van der Waals surface area contributed by atoms with Crippen molar-refractivity contribution in [2.75, 3.05) is 13.7 Å². The first-order valence-corrected chi connectivity index (χ1v) is 23.7. The summed E-state index contributed by atoms with van der Waals surface area (Å²) in [6.07, 6.45) is 4.76. The van der Waals surface area contributed by atoms with Gasteiger partial charge in [-0.3, -0.25) is 4.79 Å². The van der Waals surface area contributed by atoms with Crippen LogP contribution in [0.2, 0.25) is 0 Å². The van der Waals surface area contributed by atoms with Crippen molar-refractivity contribution in [1.82, 2.24) is 0 Å². The Morgan fingerprint density at radius 1 is 0.833 bits per heavy atom. The van der Waals surface area contributed by atoms with Gasteiger partial charge in [-0.2, -0.15) is 0 Å². The van der Waals surface area contributed by atoms with Crippen LogP contribution in [-0.4, -0.2) is 128 Å². The molecule has 0 aromatic rings. The molecule has 0 aromatic heterocycles. The van der Waals surface area contributed by atoms with Gasteiger partial charge in [-0.1, -0.05) is 20.1 Å². The fourth-order valence-electron chi connectivity index (χ4n) is 11.4. The van der Waals surface area contributed by atoms with Gasteiger partial charge in [0.05, 0.1) is 83.0 Å². The molecule has 0 radical (unpaired) electrons. The van der Waals surface area contributed by atoms with Gasteiger partial charge < -0.3 is 51.9 Å². The van der Waals surface area contributed by atoms with E-state index in [1.807, 2.05) is 21.2 Å². The van der Waals surface area contributed by atoms with Crippen LogP contribution in [0.5, 0.6) is 0 Å². The Kier molecular flexibility index (Phi) is 11.7. The lowest BCUT2D eigenvalue weighted by Gasteiger charge is -2.47. The second kappa shape index (κ2) is 16.1. The number of rotatable bonds is 6. The maximum absolute atomic E-state index is 14.1. The van der Waals surface area contributed by atoms with Crippen molar-refractivity contribution < 1.29 is 56.7 Å². The third-order valence-electron chi connectivity index (χ3n) is 14.0. The highest BCUT2D eigenvalue weighted by molar-refractivity contribution is 14.2. The maximum Gasteiger partial charge on any atom is 0.172 e. The number of hydrogen-bond donors (Lipinski definition) is 1. The van der Waals surface area contributed by atoms with Crippen LogP contribution in [0.3, 0.4) is 0 Å². The highest BCUT2D eigenvalue weighted by atomic mass is 127. The third kappa shape index (κ3) is 7.58. The van der Waals surface area contributed by atoms with E-state index in [0.717, 1.165) is 56.1 Å². The predicted molar refractivity (Wildman–Crippen MR) is 205 cm³/mol. The number of ether oxygens (including phenoxy) is 9. The monoisotopic (exact) mass is 888 g/mol. The first-order chi connectivity index (χ1) is 26.1. The van der Waals surface area contributed by atoms with Crippen LogP contribution in [0.4, 0.5) is 0 Å². The number of fused-ring (bicyclic) bond motifs is 6. The van der Waals surface area contributed by atoms with E-state index >= 15 is 0 Å². The van der Waals surface area contributed by atoms with E-state index in [1.165, 1.54) is 9.21 Å². The highest BCUT2D eigenvalue weighted by Crippen LogP contribution is 2.54. The quantitative estimate of drug-likeness (QED) is 0.205. The molecule has 10 heterocycles. The van der Waals surface area contributed by atoms with E-state index in [2.05, 4.69) is 20.1 Å². The average Bonchev–Trinajstić information content (AvgIpc) is 3.82. The summed E-state index contributed by atoms with van der Waals surface area (Å²) in [5.74, 6) is -0.633. The molecule has 10 fully saturated rings. The SMILES string of the molecule is C=C1C[C@@H]2CC[C@@]34C[C@H]5OC6[C@@H](O[C@H]7CC[C@H](CC(=O)C[C@@H]8[C@@H](OC)[C@@H](C[C@H](O)COSI)O[C@H]8C[C@H]8O[C@@H](CC[C@@H]1O2)C[C@@H](C)C8=C)O[C@@H]7[C@@H]6O3)[C@H]5O4. The van der Waals surface area contributed by atoms with Gasteiger partial charge >= 0.3 is 0 Å². The van der Waals surface area contributed by atoms with Gasteiger partial charge in [0.2, 0.25) is 0 Å². The first kappa shape index (κ1) is 39.3. The molecule has 19 atom stereocenters. The maximum atomic E-state index is 14.1. The van der Waals surface area contributed by atoms with Crippen molar-refractivity contribution in [3.05, 3.63) is 24.3 Å². The molecule has 14 heteroatoms. The van der Waals surface area contributed by atoms with Crippen molar-refractivity contribution in [2.24, 2.45) is 11.8 Å². The Labute approximate surface area is 335 Å². The number of aliphatic hydroxyl groups excluding tert-OH is 1. The van der Waals surface area contributed by atoms with E-state index in [1.54, 1.807) is 7.11 Å². The average molecular weight is 889 g/mol. The number of carbonyl (C=O) groups is 1. The molecule has 302 valence electrons. The molecule has 54 heavy (non-hydrogen) atoms. The zero-order valence-corrected chi connectivity index (χ0v) is 34.4. The van der Waals surface area contributed by atoms with Crippen LogP contribution in [-0.2, 0) is 51.6 Å². The van der Waals surface area contributed by atoms with Crippen LogP contribution in [0.15, 0.2) is 24.3 Å². The summed E-state index contributed by atoms with van der Waals surface area (Å²) in [5.41, 5.74) is 2.20. The third-order valence-corrected chi connectivity index (χ3v) is 15.0. The zero-order chi connectivity index (χ0) is 37.3. The molecule has 0 aromatic carbocycles. The summed E-state index contributed by atoms with van der Waals surface area (Å²) in [4.78, 5) is 14.1. The molecule has 1 spiro atoms. The highest BCUT2D eigenvalue weighted by Gasteiger charge is 2.68. The van der Waals surface area contributed by atoms with Gasteiger partial charge in [-0.25, -0.2) is 0 Å². The smallest absolute Gasteiger partial charge is 0.172 e. The Hall–Kier alpha value is -0.210. The first-order valence-electron chi connectivity index (χ1n) is 20.4. The van der Waals surface area contributed by atoms with Crippen LogP contribution < -0.4 is 0 Å². The molecular formula is C40H57IO12S. The van der Waals surface area contributed by atoms with Crippen LogP contribution in [0, 0.1) is 11.8 Å². The molecule has 12 nitrogen and oxygen atoms in total. The Bertz CT molecular complexity index is 1420. The molecule has 10 saturated heterocycles. The molecule has 0 saturated carbocycles.